The van der Waals surface area contributed by atoms with Crippen molar-refractivity contribution in [2.24, 2.45) is 0 Å². The molecule has 0 aliphatic rings. The van der Waals surface area contributed by atoms with Crippen LogP contribution in [0.4, 0.5) is 4.39 Å². The molecule has 1 N–H and O–H groups in total. The lowest BCUT2D eigenvalue weighted by Crippen LogP contribution is -1.95. The van der Waals surface area contributed by atoms with Gasteiger partial charge < -0.3 is 14.6 Å². The first-order valence-electron chi connectivity index (χ1n) is 6.64. The Bertz CT molecular complexity index is 611. The van der Waals surface area contributed by atoms with Gasteiger partial charge in [0, 0.05) is 0 Å². The fourth-order valence-electron chi connectivity index (χ4n) is 2.12. The maximum atomic E-state index is 13.1. The number of rotatable bonds is 6. The van der Waals surface area contributed by atoms with E-state index in [2.05, 4.69) is 0 Å². The first-order chi connectivity index (χ1) is 10.1. The molecule has 0 spiro atoms. The van der Waals surface area contributed by atoms with Gasteiger partial charge in [-0.1, -0.05) is 6.07 Å². The van der Waals surface area contributed by atoms with Crippen LogP contribution in [0.1, 0.15) is 11.1 Å². The number of hydrogen-bond donors (Lipinski definition) is 1. The molecular weight excluding hydrogens is 271 g/mol. The van der Waals surface area contributed by atoms with Gasteiger partial charge >= 0.3 is 0 Å². The minimum Gasteiger partial charge on any atom is -0.508 e. The van der Waals surface area contributed by atoms with Crippen LogP contribution in [0.3, 0.4) is 0 Å². The van der Waals surface area contributed by atoms with Crippen molar-refractivity contribution in [1.82, 2.24) is 0 Å². The van der Waals surface area contributed by atoms with Crippen molar-refractivity contribution < 1.29 is 19.0 Å². The summed E-state index contributed by atoms with van der Waals surface area (Å²) in [6.45, 7) is 0. The third kappa shape index (κ3) is 3.88. The molecule has 0 saturated heterocycles. The van der Waals surface area contributed by atoms with Crippen LogP contribution >= 0.6 is 0 Å². The number of methoxy groups -OCH3 is 2. The number of phenols is 1. The summed E-state index contributed by atoms with van der Waals surface area (Å²) in [5.74, 6) is 1.13. The molecule has 0 aliphatic heterocycles. The fraction of sp³-hybridized carbons (Fsp3) is 0.235. The lowest BCUT2D eigenvalue weighted by Gasteiger charge is -2.09. The van der Waals surface area contributed by atoms with Gasteiger partial charge in [0.25, 0.3) is 0 Å². The second-order valence-electron chi connectivity index (χ2n) is 4.66. The van der Waals surface area contributed by atoms with Crippen molar-refractivity contribution in [3.05, 3.63) is 59.8 Å². The SMILES string of the molecule is COc1ccc(C[CH]Cc2cc(F)ccc2O)cc1OC. The summed E-state index contributed by atoms with van der Waals surface area (Å²) in [5.41, 5.74) is 1.64. The van der Waals surface area contributed by atoms with E-state index in [4.69, 9.17) is 9.47 Å². The van der Waals surface area contributed by atoms with Crippen LogP contribution in [0.5, 0.6) is 17.2 Å². The first kappa shape index (κ1) is 15.2. The van der Waals surface area contributed by atoms with Gasteiger partial charge in [-0.25, -0.2) is 4.39 Å². The number of ether oxygens (including phenoxy) is 2. The molecule has 0 aromatic heterocycles. The fourth-order valence-corrected chi connectivity index (χ4v) is 2.12. The number of hydrogen-bond acceptors (Lipinski definition) is 3. The highest BCUT2D eigenvalue weighted by molar-refractivity contribution is 5.43. The van der Waals surface area contributed by atoms with Gasteiger partial charge in [-0.15, -0.1) is 0 Å². The summed E-state index contributed by atoms with van der Waals surface area (Å²) in [6, 6.07) is 9.66. The summed E-state index contributed by atoms with van der Waals surface area (Å²) in [4.78, 5) is 0. The minimum atomic E-state index is -0.345. The molecule has 0 amide bonds. The summed E-state index contributed by atoms with van der Waals surface area (Å²) < 4.78 is 23.6. The molecule has 3 nitrogen and oxygen atoms in total. The van der Waals surface area contributed by atoms with Crippen LogP contribution in [0, 0.1) is 12.2 Å². The third-order valence-corrected chi connectivity index (χ3v) is 3.23. The van der Waals surface area contributed by atoms with E-state index in [-0.39, 0.29) is 11.6 Å². The van der Waals surface area contributed by atoms with E-state index in [1.807, 2.05) is 24.6 Å². The van der Waals surface area contributed by atoms with Gasteiger partial charge in [0.2, 0.25) is 0 Å². The van der Waals surface area contributed by atoms with Gasteiger partial charge in [-0.3, -0.25) is 0 Å². The van der Waals surface area contributed by atoms with Crippen LogP contribution in [-0.4, -0.2) is 19.3 Å². The van der Waals surface area contributed by atoms with Crippen molar-refractivity contribution in [3.8, 4) is 17.2 Å². The standard InChI is InChI=1S/C17H18FO3/c1-20-16-9-6-12(10-17(16)21-2)4-3-5-13-11-14(18)7-8-15(13)19/h3,6-11,19H,4-5H2,1-2H3. The van der Waals surface area contributed by atoms with Crippen LogP contribution in [0.2, 0.25) is 0 Å². The molecular formula is C17H18FO3. The molecule has 0 heterocycles. The predicted octanol–water partition coefficient (Wildman–Crippen LogP) is 3.54. The number of aromatic hydroxyl groups is 1. The monoisotopic (exact) mass is 289 g/mol. The van der Waals surface area contributed by atoms with E-state index in [9.17, 15) is 9.50 Å². The lowest BCUT2D eigenvalue weighted by atomic mass is 10.0. The molecule has 2 rings (SSSR count). The van der Waals surface area contributed by atoms with Gasteiger partial charge in [0.05, 0.1) is 14.2 Å². The molecule has 0 aliphatic carbocycles. The summed E-state index contributed by atoms with van der Waals surface area (Å²) in [7, 11) is 3.19. The first-order valence-corrected chi connectivity index (χ1v) is 6.64. The topological polar surface area (TPSA) is 38.7 Å². The Morgan fingerprint density at radius 1 is 1.00 bits per heavy atom. The maximum Gasteiger partial charge on any atom is 0.160 e. The van der Waals surface area contributed by atoms with E-state index in [1.54, 1.807) is 14.2 Å². The molecule has 4 heteroatoms. The normalized spacial score (nSPS) is 10.4. The number of phenolic OH excluding ortho intramolecular Hbond substituents is 1. The maximum absolute atomic E-state index is 13.1. The largest absolute Gasteiger partial charge is 0.508 e. The zero-order valence-corrected chi connectivity index (χ0v) is 12.1. The van der Waals surface area contributed by atoms with E-state index in [0.717, 1.165) is 5.56 Å². The van der Waals surface area contributed by atoms with Crippen LogP contribution in [-0.2, 0) is 12.8 Å². The van der Waals surface area contributed by atoms with Crippen LogP contribution in [0.15, 0.2) is 36.4 Å². The molecule has 111 valence electrons. The van der Waals surface area contributed by atoms with Gasteiger partial charge in [-0.2, -0.15) is 0 Å². The van der Waals surface area contributed by atoms with E-state index >= 15 is 0 Å². The quantitative estimate of drug-likeness (QED) is 0.884. The zero-order valence-electron chi connectivity index (χ0n) is 12.1. The van der Waals surface area contributed by atoms with Gasteiger partial charge in [-0.05, 0) is 60.7 Å². The Balaban J connectivity index is 1.98. The molecule has 2 aromatic rings. The van der Waals surface area contributed by atoms with Crippen molar-refractivity contribution in [2.45, 2.75) is 12.8 Å². The lowest BCUT2D eigenvalue weighted by molar-refractivity contribution is 0.354. The second kappa shape index (κ2) is 6.97. The smallest absolute Gasteiger partial charge is 0.160 e. The van der Waals surface area contributed by atoms with E-state index in [1.165, 1.54) is 18.2 Å². The molecule has 2 aromatic carbocycles. The zero-order chi connectivity index (χ0) is 15.2. The van der Waals surface area contributed by atoms with Gasteiger partial charge in [0.15, 0.2) is 11.5 Å². The van der Waals surface area contributed by atoms with E-state index in [0.29, 0.717) is 29.9 Å². The molecule has 0 bridgehead atoms. The molecule has 21 heavy (non-hydrogen) atoms. The van der Waals surface area contributed by atoms with Crippen molar-refractivity contribution in [1.29, 1.82) is 0 Å². The highest BCUT2D eigenvalue weighted by Crippen LogP contribution is 2.28. The van der Waals surface area contributed by atoms with Crippen LogP contribution < -0.4 is 9.47 Å². The average molecular weight is 289 g/mol. The Hall–Kier alpha value is -2.23. The highest BCUT2D eigenvalue weighted by atomic mass is 19.1. The Kier molecular flexibility index (Phi) is 5.04. The van der Waals surface area contributed by atoms with Crippen molar-refractivity contribution >= 4 is 0 Å². The number of halogens is 1. The Labute approximate surface area is 124 Å². The second-order valence-corrected chi connectivity index (χ2v) is 4.66. The van der Waals surface area contributed by atoms with Crippen molar-refractivity contribution in [2.75, 3.05) is 14.2 Å². The summed E-state index contributed by atoms with van der Waals surface area (Å²) in [6.07, 6.45) is 3.17. The predicted molar refractivity (Wildman–Crippen MR) is 79.3 cm³/mol. The average Bonchev–Trinajstić information content (AvgIpc) is 2.50. The van der Waals surface area contributed by atoms with E-state index < -0.39 is 0 Å². The number of benzene rings is 2. The van der Waals surface area contributed by atoms with Crippen LogP contribution in [0.25, 0.3) is 0 Å². The Morgan fingerprint density at radius 2 is 1.76 bits per heavy atom. The minimum absolute atomic E-state index is 0.111. The molecule has 0 unspecified atom stereocenters. The molecule has 1 radical (unpaired) electrons. The Morgan fingerprint density at radius 3 is 2.48 bits per heavy atom. The highest BCUT2D eigenvalue weighted by Gasteiger charge is 2.06. The molecule has 0 saturated carbocycles. The molecule has 0 atom stereocenters. The summed E-state index contributed by atoms with van der Waals surface area (Å²) in [5, 5.41) is 9.66. The van der Waals surface area contributed by atoms with Gasteiger partial charge in [0.1, 0.15) is 11.6 Å². The van der Waals surface area contributed by atoms with Crippen molar-refractivity contribution in [3.63, 3.8) is 0 Å². The third-order valence-electron chi connectivity index (χ3n) is 3.23. The molecule has 0 fully saturated rings. The summed E-state index contributed by atoms with van der Waals surface area (Å²) >= 11 is 0.